The highest BCUT2D eigenvalue weighted by Gasteiger charge is 2.11. The van der Waals surface area contributed by atoms with Crippen LogP contribution in [-0.4, -0.2) is 49.6 Å². The van der Waals surface area contributed by atoms with Crippen molar-refractivity contribution in [2.75, 3.05) is 39.8 Å². The lowest BCUT2D eigenvalue weighted by Gasteiger charge is -2.32. The summed E-state index contributed by atoms with van der Waals surface area (Å²) in [6.07, 6.45) is 2.69. The molecule has 0 bridgehead atoms. The standard InChI is InChI=1S/C9H20N2/c1-3-4-5-11-8-6-10(2)7-9-11/h3-9H2,1-2H3. The predicted molar refractivity (Wildman–Crippen MR) is 48.8 cm³/mol. The molecule has 0 unspecified atom stereocenters. The highest BCUT2D eigenvalue weighted by molar-refractivity contribution is 4.68. The van der Waals surface area contributed by atoms with Gasteiger partial charge < -0.3 is 9.80 Å². The maximum atomic E-state index is 2.57. The molecule has 0 aromatic carbocycles. The summed E-state index contributed by atoms with van der Waals surface area (Å²) >= 11 is 0. The molecule has 1 heterocycles. The van der Waals surface area contributed by atoms with Crippen LogP contribution in [-0.2, 0) is 0 Å². The van der Waals surface area contributed by atoms with Crippen LogP contribution in [0.4, 0.5) is 0 Å². The van der Waals surface area contributed by atoms with Gasteiger partial charge in [0, 0.05) is 26.2 Å². The van der Waals surface area contributed by atoms with Crippen LogP contribution < -0.4 is 0 Å². The van der Waals surface area contributed by atoms with Gasteiger partial charge in [0.05, 0.1) is 0 Å². The smallest absolute Gasteiger partial charge is 0.0110 e. The first-order chi connectivity index (χ1) is 5.33. The average Bonchev–Trinajstić information content (AvgIpc) is 2.04. The number of nitrogens with zero attached hydrogens (tertiary/aromatic N) is 2. The van der Waals surface area contributed by atoms with E-state index in [0.717, 1.165) is 0 Å². The van der Waals surface area contributed by atoms with Crippen molar-refractivity contribution in [3.8, 4) is 0 Å². The Kier molecular flexibility index (Phi) is 3.87. The molecule has 66 valence electrons. The maximum absolute atomic E-state index is 2.57. The monoisotopic (exact) mass is 156 g/mol. The van der Waals surface area contributed by atoms with E-state index in [2.05, 4.69) is 23.8 Å². The summed E-state index contributed by atoms with van der Waals surface area (Å²) in [5, 5.41) is 0. The number of hydrogen-bond acceptors (Lipinski definition) is 2. The van der Waals surface area contributed by atoms with Crippen molar-refractivity contribution in [2.24, 2.45) is 0 Å². The Morgan fingerprint density at radius 2 is 1.73 bits per heavy atom. The molecule has 0 aromatic heterocycles. The molecule has 1 aliphatic rings. The number of piperazine rings is 1. The summed E-state index contributed by atoms with van der Waals surface area (Å²) in [6, 6.07) is 0. The second-order valence-electron chi connectivity index (χ2n) is 3.50. The zero-order valence-electron chi connectivity index (χ0n) is 7.84. The molecule has 1 saturated heterocycles. The van der Waals surface area contributed by atoms with E-state index >= 15 is 0 Å². The van der Waals surface area contributed by atoms with Crippen LogP contribution in [0, 0.1) is 0 Å². The van der Waals surface area contributed by atoms with Crippen molar-refractivity contribution >= 4 is 0 Å². The summed E-state index contributed by atoms with van der Waals surface area (Å²) in [7, 11) is 2.21. The van der Waals surface area contributed by atoms with Crippen LogP contribution in [0.1, 0.15) is 19.8 Å². The van der Waals surface area contributed by atoms with Gasteiger partial charge in [-0.1, -0.05) is 13.3 Å². The summed E-state index contributed by atoms with van der Waals surface area (Å²) in [5.41, 5.74) is 0. The molecule has 11 heavy (non-hydrogen) atoms. The van der Waals surface area contributed by atoms with Gasteiger partial charge in [0.1, 0.15) is 0 Å². The summed E-state index contributed by atoms with van der Waals surface area (Å²) < 4.78 is 0. The normalized spacial score (nSPS) is 22.4. The van der Waals surface area contributed by atoms with E-state index in [4.69, 9.17) is 0 Å². The van der Waals surface area contributed by atoms with Gasteiger partial charge in [-0.25, -0.2) is 0 Å². The molecular formula is C9H20N2. The third-order valence-electron chi connectivity index (χ3n) is 2.42. The van der Waals surface area contributed by atoms with E-state index in [1.165, 1.54) is 45.6 Å². The molecule has 2 heteroatoms. The fourth-order valence-electron chi connectivity index (χ4n) is 1.45. The molecule has 0 amide bonds. The minimum absolute atomic E-state index is 1.25. The lowest BCUT2D eigenvalue weighted by atomic mass is 10.3. The minimum atomic E-state index is 1.25. The van der Waals surface area contributed by atoms with E-state index in [1.54, 1.807) is 0 Å². The Bertz CT molecular complexity index is 93.0. The predicted octanol–water partition coefficient (Wildman–Crippen LogP) is 1.03. The van der Waals surface area contributed by atoms with Crippen LogP contribution in [0.2, 0.25) is 0 Å². The van der Waals surface area contributed by atoms with Gasteiger partial charge in [-0.2, -0.15) is 0 Å². The van der Waals surface area contributed by atoms with Gasteiger partial charge in [0.15, 0.2) is 0 Å². The van der Waals surface area contributed by atoms with Gasteiger partial charge >= 0.3 is 0 Å². The van der Waals surface area contributed by atoms with Crippen LogP contribution in [0.25, 0.3) is 0 Å². The lowest BCUT2D eigenvalue weighted by Crippen LogP contribution is -2.44. The lowest BCUT2D eigenvalue weighted by molar-refractivity contribution is 0.152. The van der Waals surface area contributed by atoms with Crippen molar-refractivity contribution < 1.29 is 0 Å². The Morgan fingerprint density at radius 1 is 1.09 bits per heavy atom. The number of rotatable bonds is 3. The first-order valence-corrected chi connectivity index (χ1v) is 4.74. The second-order valence-corrected chi connectivity index (χ2v) is 3.50. The molecule has 2 nitrogen and oxygen atoms in total. The molecule has 0 atom stereocenters. The molecule has 1 fully saturated rings. The first-order valence-electron chi connectivity index (χ1n) is 4.74. The second kappa shape index (κ2) is 4.73. The molecule has 0 saturated carbocycles. The molecule has 1 aliphatic heterocycles. The van der Waals surface area contributed by atoms with Crippen molar-refractivity contribution in [2.45, 2.75) is 19.8 Å². The fourth-order valence-corrected chi connectivity index (χ4v) is 1.45. The molecule has 0 spiro atoms. The number of hydrogen-bond donors (Lipinski definition) is 0. The Hall–Kier alpha value is -0.0800. The molecule has 0 N–H and O–H groups in total. The zero-order valence-corrected chi connectivity index (χ0v) is 7.84. The zero-order chi connectivity index (χ0) is 8.10. The van der Waals surface area contributed by atoms with E-state index in [-0.39, 0.29) is 0 Å². The van der Waals surface area contributed by atoms with Gasteiger partial charge in [0.25, 0.3) is 0 Å². The van der Waals surface area contributed by atoms with Gasteiger partial charge in [-0.15, -0.1) is 0 Å². The van der Waals surface area contributed by atoms with Gasteiger partial charge in [-0.05, 0) is 20.0 Å². The topological polar surface area (TPSA) is 6.48 Å². The summed E-state index contributed by atoms with van der Waals surface area (Å²) in [6.45, 7) is 8.63. The largest absolute Gasteiger partial charge is 0.304 e. The Balaban J connectivity index is 2.07. The highest BCUT2D eigenvalue weighted by atomic mass is 15.2. The third-order valence-corrected chi connectivity index (χ3v) is 2.42. The third kappa shape index (κ3) is 3.21. The van der Waals surface area contributed by atoms with Crippen molar-refractivity contribution in [3.63, 3.8) is 0 Å². The molecule has 0 aliphatic carbocycles. The Morgan fingerprint density at radius 3 is 2.27 bits per heavy atom. The fraction of sp³-hybridized carbons (Fsp3) is 1.00. The van der Waals surface area contributed by atoms with Crippen LogP contribution in [0.3, 0.4) is 0 Å². The van der Waals surface area contributed by atoms with Crippen LogP contribution >= 0.6 is 0 Å². The number of unbranched alkanes of at least 4 members (excludes halogenated alkanes) is 1. The maximum Gasteiger partial charge on any atom is 0.0110 e. The van der Waals surface area contributed by atoms with Crippen molar-refractivity contribution in [1.82, 2.24) is 9.80 Å². The summed E-state index contributed by atoms with van der Waals surface area (Å²) in [4.78, 5) is 4.98. The minimum Gasteiger partial charge on any atom is -0.304 e. The van der Waals surface area contributed by atoms with Crippen molar-refractivity contribution in [3.05, 3.63) is 0 Å². The van der Waals surface area contributed by atoms with E-state index < -0.39 is 0 Å². The Labute approximate surface area is 70.2 Å². The highest BCUT2D eigenvalue weighted by Crippen LogP contribution is 2.00. The quantitative estimate of drug-likeness (QED) is 0.602. The summed E-state index contributed by atoms with van der Waals surface area (Å²) in [5.74, 6) is 0. The molecule has 0 radical (unpaired) electrons. The first kappa shape index (κ1) is 9.01. The molecular weight excluding hydrogens is 136 g/mol. The molecule has 1 rings (SSSR count). The average molecular weight is 156 g/mol. The van der Waals surface area contributed by atoms with E-state index in [1.807, 2.05) is 0 Å². The van der Waals surface area contributed by atoms with Crippen molar-refractivity contribution in [1.29, 1.82) is 0 Å². The van der Waals surface area contributed by atoms with Gasteiger partial charge in [0.2, 0.25) is 0 Å². The van der Waals surface area contributed by atoms with Crippen LogP contribution in [0.15, 0.2) is 0 Å². The van der Waals surface area contributed by atoms with E-state index in [0.29, 0.717) is 0 Å². The van der Waals surface area contributed by atoms with Gasteiger partial charge in [-0.3, -0.25) is 0 Å². The molecule has 0 aromatic rings. The van der Waals surface area contributed by atoms with Crippen LogP contribution in [0.5, 0.6) is 0 Å². The SMILES string of the molecule is CCCCN1CCN(C)CC1. The van der Waals surface area contributed by atoms with E-state index in [9.17, 15) is 0 Å². The number of likely N-dealkylation sites (N-methyl/N-ethyl adjacent to an activating group) is 1.